The second-order valence-electron chi connectivity index (χ2n) is 18.8. The van der Waals surface area contributed by atoms with Crippen molar-refractivity contribution in [1.82, 2.24) is 14.9 Å². The number of piperazine rings is 1. The summed E-state index contributed by atoms with van der Waals surface area (Å²) in [6.45, 7) is 30.9. The van der Waals surface area contributed by atoms with Crippen molar-refractivity contribution < 1.29 is 18.4 Å². The molecule has 8 nitrogen and oxygen atoms in total. The van der Waals surface area contributed by atoms with Crippen molar-refractivity contribution in [2.75, 3.05) is 37.4 Å². The van der Waals surface area contributed by atoms with E-state index >= 15 is 0 Å². The van der Waals surface area contributed by atoms with Gasteiger partial charge in [-0.3, -0.25) is 0 Å². The van der Waals surface area contributed by atoms with Crippen LogP contribution in [-0.2, 0) is 22.0 Å². The van der Waals surface area contributed by atoms with Crippen LogP contribution in [0, 0.1) is 0 Å². The molecule has 1 amide bonds. The van der Waals surface area contributed by atoms with Gasteiger partial charge in [0.2, 0.25) is 8.32 Å². The standard InChI is InChI=1S/C41H64N4O4SSi2/c1-39(2,3)48-38(46)44-21-22-45(30(26-44)27-47-51(11,12)40(4,5)6)36-33-20-19-29(24-35(33)42-37(43-36)50-10)34-25-31(49-52(13,14)41(7,8)9)23-28-17-15-16-18-32(28)34/h15-18,23,25,29-30H,19-22,24,26-27H2,1-14H3/t29?,30-/m1/s1. The molecular formula is C41H64N4O4SSi2. The minimum absolute atomic E-state index is 0.0602. The molecule has 2 atom stereocenters. The van der Waals surface area contributed by atoms with Crippen molar-refractivity contribution in [3.63, 3.8) is 0 Å². The summed E-state index contributed by atoms with van der Waals surface area (Å²) in [5.74, 6) is 2.28. The van der Waals surface area contributed by atoms with Gasteiger partial charge in [0.05, 0.1) is 18.3 Å². The Labute approximate surface area is 320 Å². The third-order valence-corrected chi connectivity index (χ3v) is 21.2. The minimum Gasteiger partial charge on any atom is -0.543 e. The predicted molar refractivity (Wildman–Crippen MR) is 222 cm³/mol. The molecule has 286 valence electrons. The summed E-state index contributed by atoms with van der Waals surface area (Å²) >= 11 is 1.59. The van der Waals surface area contributed by atoms with E-state index in [-0.39, 0.29) is 22.2 Å². The van der Waals surface area contributed by atoms with Crippen molar-refractivity contribution in [2.45, 2.75) is 141 Å². The van der Waals surface area contributed by atoms with Crippen molar-refractivity contribution in [3.05, 3.63) is 53.2 Å². The van der Waals surface area contributed by atoms with Crippen molar-refractivity contribution in [1.29, 1.82) is 0 Å². The van der Waals surface area contributed by atoms with Gasteiger partial charge in [0, 0.05) is 25.2 Å². The van der Waals surface area contributed by atoms with Crippen LogP contribution >= 0.6 is 11.8 Å². The largest absolute Gasteiger partial charge is 0.543 e. The molecule has 1 fully saturated rings. The quantitative estimate of drug-likeness (QED) is 0.127. The molecule has 52 heavy (non-hydrogen) atoms. The molecule has 5 rings (SSSR count). The summed E-state index contributed by atoms with van der Waals surface area (Å²) in [4.78, 5) is 28.0. The molecule has 11 heteroatoms. The zero-order chi connectivity index (χ0) is 38.4. The van der Waals surface area contributed by atoms with Crippen LogP contribution in [0.5, 0.6) is 5.75 Å². The van der Waals surface area contributed by atoms with Gasteiger partial charge in [-0.1, -0.05) is 77.6 Å². The first-order chi connectivity index (χ1) is 24.0. The van der Waals surface area contributed by atoms with Crippen LogP contribution < -0.4 is 9.33 Å². The van der Waals surface area contributed by atoms with Crippen molar-refractivity contribution in [2.24, 2.45) is 0 Å². The Morgan fingerprint density at radius 3 is 2.23 bits per heavy atom. The molecule has 3 aromatic rings. The maximum absolute atomic E-state index is 13.3. The van der Waals surface area contributed by atoms with Crippen LogP contribution in [-0.4, -0.2) is 81.7 Å². The Bertz CT molecular complexity index is 1760. The monoisotopic (exact) mass is 764 g/mol. The molecule has 0 N–H and O–H groups in total. The first-order valence-corrected chi connectivity index (χ1v) is 26.1. The molecular weight excluding hydrogens is 701 g/mol. The Morgan fingerprint density at radius 2 is 1.60 bits per heavy atom. The molecule has 0 spiro atoms. The number of benzene rings is 2. The molecule has 1 aliphatic carbocycles. The number of hydrogen-bond acceptors (Lipinski definition) is 8. The fourth-order valence-corrected chi connectivity index (χ4v) is 9.05. The molecule has 2 aromatic carbocycles. The topological polar surface area (TPSA) is 77.0 Å². The van der Waals surface area contributed by atoms with Crippen molar-refractivity contribution >= 4 is 51.1 Å². The second-order valence-corrected chi connectivity index (χ2v) is 29.1. The first kappa shape index (κ1) is 40.6. The maximum atomic E-state index is 13.3. The lowest BCUT2D eigenvalue weighted by Gasteiger charge is -2.45. The number of amides is 1. The third kappa shape index (κ3) is 9.01. The highest BCUT2D eigenvalue weighted by molar-refractivity contribution is 7.98. The number of nitrogens with zero attached hydrogens (tertiary/aromatic N) is 4. The molecule has 0 saturated carbocycles. The van der Waals surface area contributed by atoms with Crippen LogP contribution in [0.2, 0.25) is 36.3 Å². The minimum atomic E-state index is -2.06. The molecule has 2 heterocycles. The van der Waals surface area contributed by atoms with Gasteiger partial charge in [-0.25, -0.2) is 14.8 Å². The molecule has 0 bridgehead atoms. The van der Waals surface area contributed by atoms with Gasteiger partial charge in [0.1, 0.15) is 17.2 Å². The Hall–Kier alpha value is -2.61. The van der Waals surface area contributed by atoms with Crippen molar-refractivity contribution in [3.8, 4) is 5.75 Å². The summed E-state index contributed by atoms with van der Waals surface area (Å²) < 4.78 is 19.6. The Morgan fingerprint density at radius 1 is 0.923 bits per heavy atom. The lowest BCUT2D eigenvalue weighted by molar-refractivity contribution is 0.0198. The van der Waals surface area contributed by atoms with E-state index < -0.39 is 22.2 Å². The fourth-order valence-electron chi connectivity index (χ4n) is 6.61. The van der Waals surface area contributed by atoms with E-state index in [1.54, 1.807) is 11.8 Å². The molecule has 1 aromatic heterocycles. The maximum Gasteiger partial charge on any atom is 0.410 e. The number of thioether (sulfide) groups is 1. The van der Waals surface area contributed by atoms with E-state index in [9.17, 15) is 4.79 Å². The SMILES string of the molecule is CSc1nc2c(c(N3CCN(C(=O)OC(C)(C)C)C[C@@H]3CO[Si](C)(C)C(C)(C)C)n1)CCC(c1cc(O[Si](C)(C)C(C)(C)C)cc3ccccc13)C2. The lowest BCUT2D eigenvalue weighted by atomic mass is 9.80. The Kier molecular flexibility index (Phi) is 11.6. The molecule has 1 aliphatic heterocycles. The fraction of sp³-hybridized carbons (Fsp3) is 0.634. The number of carbonyl (C=O) groups excluding carboxylic acids is 1. The number of anilines is 1. The highest BCUT2D eigenvalue weighted by Gasteiger charge is 2.42. The molecule has 2 aliphatic rings. The van der Waals surface area contributed by atoms with E-state index in [0.717, 1.165) is 41.7 Å². The smallest absolute Gasteiger partial charge is 0.410 e. The molecule has 1 unspecified atom stereocenters. The van der Waals surface area contributed by atoms with Crippen LogP contribution in [0.3, 0.4) is 0 Å². The average molecular weight is 765 g/mol. The highest BCUT2D eigenvalue weighted by Crippen LogP contribution is 2.43. The zero-order valence-corrected chi connectivity index (χ0v) is 37.2. The summed E-state index contributed by atoms with van der Waals surface area (Å²) in [7, 11) is -4.09. The number of fused-ring (bicyclic) bond motifs is 2. The molecule has 0 radical (unpaired) electrons. The number of carbonyl (C=O) groups is 1. The average Bonchev–Trinajstić information content (AvgIpc) is 3.04. The van der Waals surface area contributed by atoms with E-state index in [1.807, 2.05) is 25.7 Å². The summed E-state index contributed by atoms with van der Waals surface area (Å²) in [5.41, 5.74) is 3.15. The van der Waals surface area contributed by atoms with Gasteiger partial charge in [-0.2, -0.15) is 0 Å². The third-order valence-electron chi connectivity index (χ3n) is 11.8. The number of rotatable bonds is 8. The summed E-state index contributed by atoms with van der Waals surface area (Å²) in [6, 6.07) is 13.2. The number of aromatic nitrogens is 2. The van der Waals surface area contributed by atoms with E-state index in [4.69, 9.17) is 23.6 Å². The van der Waals surface area contributed by atoms with Crippen LogP contribution in [0.15, 0.2) is 41.6 Å². The van der Waals surface area contributed by atoms with Gasteiger partial charge in [-0.15, -0.1) is 0 Å². The zero-order valence-electron chi connectivity index (χ0n) is 34.4. The van der Waals surface area contributed by atoms with Gasteiger partial charge in [0.15, 0.2) is 13.5 Å². The molecule has 1 saturated heterocycles. The van der Waals surface area contributed by atoms with Crippen LogP contribution in [0.25, 0.3) is 10.8 Å². The highest BCUT2D eigenvalue weighted by atomic mass is 32.2. The first-order valence-electron chi connectivity index (χ1n) is 19.0. The van der Waals surface area contributed by atoms with Crippen LogP contribution in [0.1, 0.15) is 91.5 Å². The predicted octanol–water partition coefficient (Wildman–Crippen LogP) is 10.5. The normalized spacial score (nSPS) is 19.1. The van der Waals surface area contributed by atoms with Crippen LogP contribution in [0.4, 0.5) is 10.6 Å². The van der Waals surface area contributed by atoms with E-state index in [2.05, 4.69) is 115 Å². The van der Waals surface area contributed by atoms with Gasteiger partial charge in [0.25, 0.3) is 0 Å². The summed E-state index contributed by atoms with van der Waals surface area (Å²) in [5, 5.41) is 3.48. The van der Waals surface area contributed by atoms with E-state index in [0.29, 0.717) is 32.2 Å². The van der Waals surface area contributed by atoms with E-state index in [1.165, 1.54) is 21.9 Å². The Balaban J connectivity index is 1.50. The second kappa shape index (κ2) is 14.9. The van der Waals surface area contributed by atoms with Gasteiger partial charge >= 0.3 is 6.09 Å². The number of ether oxygens (including phenoxy) is 1. The lowest BCUT2D eigenvalue weighted by Crippen LogP contribution is -2.59. The summed E-state index contributed by atoms with van der Waals surface area (Å²) in [6.07, 6.45) is 4.51. The number of hydrogen-bond donors (Lipinski definition) is 0. The van der Waals surface area contributed by atoms with Gasteiger partial charge < -0.3 is 23.4 Å². The van der Waals surface area contributed by atoms with Gasteiger partial charge in [-0.05, 0) is 117 Å².